The van der Waals surface area contributed by atoms with Gasteiger partial charge in [0.2, 0.25) is 0 Å². The first-order valence-corrected chi connectivity index (χ1v) is 6.08. The van der Waals surface area contributed by atoms with Crippen LogP contribution in [0.1, 0.15) is 22.3 Å². The summed E-state index contributed by atoms with van der Waals surface area (Å²) in [5, 5.41) is 0. The van der Waals surface area contributed by atoms with Crippen molar-refractivity contribution < 1.29 is 4.74 Å². The van der Waals surface area contributed by atoms with Gasteiger partial charge < -0.3 is 4.74 Å². The maximum atomic E-state index is 5.14. The average molecular weight is 238 g/mol. The second kappa shape index (κ2) is 5.54. The Morgan fingerprint density at radius 2 is 1.61 bits per heavy atom. The Labute approximate surface area is 109 Å². The summed E-state index contributed by atoms with van der Waals surface area (Å²) in [7, 11) is 1.68. The number of ether oxygens (including phenoxy) is 1. The summed E-state index contributed by atoms with van der Waals surface area (Å²) in [6, 6.07) is 14.6. The van der Waals surface area contributed by atoms with E-state index in [0.717, 1.165) is 5.75 Å². The van der Waals surface area contributed by atoms with Crippen LogP contribution in [0.15, 0.2) is 42.5 Å². The van der Waals surface area contributed by atoms with Crippen molar-refractivity contribution in [3.05, 3.63) is 64.7 Å². The van der Waals surface area contributed by atoms with Crippen molar-refractivity contribution in [3.8, 4) is 5.75 Å². The lowest BCUT2D eigenvalue weighted by atomic mass is 10.0. The quantitative estimate of drug-likeness (QED) is 0.716. The standard InChI is InChI=1S/C17H18O/c1-13-4-5-14(2)16(12-13)9-6-15-7-10-17(18-3)11-8-15/h4-12H,1-3H3. The van der Waals surface area contributed by atoms with Crippen molar-refractivity contribution in [3.63, 3.8) is 0 Å². The van der Waals surface area contributed by atoms with Gasteiger partial charge in [0.25, 0.3) is 0 Å². The summed E-state index contributed by atoms with van der Waals surface area (Å²) in [5.41, 5.74) is 5.03. The molecule has 0 N–H and O–H groups in total. The second-order valence-electron chi connectivity index (χ2n) is 4.47. The molecule has 0 spiro atoms. The minimum atomic E-state index is 0.888. The van der Waals surface area contributed by atoms with E-state index in [0.29, 0.717) is 0 Å². The largest absolute Gasteiger partial charge is 0.497 e. The molecular formula is C17H18O. The Hall–Kier alpha value is -2.02. The SMILES string of the molecule is COc1ccc(C=Cc2cc(C)ccc2C)cc1. The zero-order valence-electron chi connectivity index (χ0n) is 11.1. The molecule has 0 unspecified atom stereocenters. The molecule has 0 atom stereocenters. The predicted octanol–water partition coefficient (Wildman–Crippen LogP) is 4.48. The number of methoxy groups -OCH3 is 1. The molecule has 0 aromatic heterocycles. The number of hydrogen-bond acceptors (Lipinski definition) is 1. The van der Waals surface area contributed by atoms with Crippen LogP contribution in [0, 0.1) is 13.8 Å². The smallest absolute Gasteiger partial charge is 0.118 e. The molecule has 0 aliphatic carbocycles. The first kappa shape index (κ1) is 12.4. The van der Waals surface area contributed by atoms with E-state index in [4.69, 9.17) is 4.74 Å². The molecule has 2 rings (SSSR count). The molecule has 92 valence electrons. The third kappa shape index (κ3) is 3.01. The van der Waals surface area contributed by atoms with E-state index < -0.39 is 0 Å². The Bertz CT molecular complexity index is 550. The molecule has 0 aliphatic heterocycles. The van der Waals surface area contributed by atoms with Crippen LogP contribution in [0.25, 0.3) is 12.2 Å². The molecule has 0 heterocycles. The maximum absolute atomic E-state index is 5.14. The van der Waals surface area contributed by atoms with E-state index in [-0.39, 0.29) is 0 Å². The number of rotatable bonds is 3. The molecule has 0 amide bonds. The summed E-state index contributed by atoms with van der Waals surface area (Å²) in [6.07, 6.45) is 4.28. The highest BCUT2D eigenvalue weighted by Crippen LogP contribution is 2.16. The van der Waals surface area contributed by atoms with Crippen LogP contribution in [0.2, 0.25) is 0 Å². The molecule has 0 fully saturated rings. The molecule has 0 aliphatic rings. The zero-order valence-corrected chi connectivity index (χ0v) is 11.1. The maximum Gasteiger partial charge on any atom is 0.118 e. The summed E-state index contributed by atoms with van der Waals surface area (Å²) in [6.45, 7) is 4.25. The summed E-state index contributed by atoms with van der Waals surface area (Å²) < 4.78 is 5.14. The van der Waals surface area contributed by atoms with Gasteiger partial charge in [-0.15, -0.1) is 0 Å². The monoisotopic (exact) mass is 238 g/mol. The highest BCUT2D eigenvalue weighted by atomic mass is 16.5. The van der Waals surface area contributed by atoms with Crippen molar-refractivity contribution >= 4 is 12.2 Å². The van der Waals surface area contributed by atoms with E-state index in [2.05, 4.69) is 56.3 Å². The fourth-order valence-corrected chi connectivity index (χ4v) is 1.84. The zero-order chi connectivity index (χ0) is 13.0. The lowest BCUT2D eigenvalue weighted by Gasteiger charge is -2.02. The second-order valence-corrected chi connectivity index (χ2v) is 4.47. The highest BCUT2D eigenvalue weighted by molar-refractivity contribution is 5.71. The minimum absolute atomic E-state index is 0.888. The van der Waals surface area contributed by atoms with E-state index in [9.17, 15) is 0 Å². The Balaban J connectivity index is 2.21. The van der Waals surface area contributed by atoms with Crippen LogP contribution in [0.3, 0.4) is 0 Å². The van der Waals surface area contributed by atoms with Gasteiger partial charge in [0.05, 0.1) is 7.11 Å². The van der Waals surface area contributed by atoms with E-state index in [1.807, 2.05) is 12.1 Å². The molecule has 1 nitrogen and oxygen atoms in total. The van der Waals surface area contributed by atoms with Crippen LogP contribution in [0.5, 0.6) is 5.75 Å². The van der Waals surface area contributed by atoms with Gasteiger partial charge in [-0.3, -0.25) is 0 Å². The molecule has 18 heavy (non-hydrogen) atoms. The van der Waals surface area contributed by atoms with E-state index in [1.165, 1.54) is 22.3 Å². The van der Waals surface area contributed by atoms with Crippen LogP contribution < -0.4 is 4.74 Å². The number of aryl methyl sites for hydroxylation is 2. The molecule has 0 saturated heterocycles. The fraction of sp³-hybridized carbons (Fsp3) is 0.176. The number of benzene rings is 2. The molecule has 0 saturated carbocycles. The van der Waals surface area contributed by atoms with Crippen LogP contribution >= 0.6 is 0 Å². The van der Waals surface area contributed by atoms with Gasteiger partial charge in [0.1, 0.15) is 5.75 Å². The lowest BCUT2D eigenvalue weighted by molar-refractivity contribution is 0.415. The molecule has 2 aromatic carbocycles. The topological polar surface area (TPSA) is 9.23 Å². The van der Waals surface area contributed by atoms with Crippen molar-refractivity contribution in [2.24, 2.45) is 0 Å². The third-order valence-corrected chi connectivity index (χ3v) is 3.01. The Morgan fingerprint density at radius 3 is 2.28 bits per heavy atom. The van der Waals surface area contributed by atoms with Crippen molar-refractivity contribution in [1.82, 2.24) is 0 Å². The fourth-order valence-electron chi connectivity index (χ4n) is 1.84. The van der Waals surface area contributed by atoms with Gasteiger partial charge in [-0.1, -0.05) is 48.0 Å². The highest BCUT2D eigenvalue weighted by Gasteiger charge is 1.95. The normalized spacial score (nSPS) is 10.8. The van der Waals surface area contributed by atoms with Crippen molar-refractivity contribution in [2.45, 2.75) is 13.8 Å². The Morgan fingerprint density at radius 1 is 0.889 bits per heavy atom. The van der Waals surface area contributed by atoms with Crippen molar-refractivity contribution in [1.29, 1.82) is 0 Å². The molecule has 1 heteroatoms. The van der Waals surface area contributed by atoms with Crippen molar-refractivity contribution in [2.75, 3.05) is 7.11 Å². The van der Waals surface area contributed by atoms with E-state index >= 15 is 0 Å². The molecule has 0 radical (unpaired) electrons. The summed E-state index contributed by atoms with van der Waals surface area (Å²) in [4.78, 5) is 0. The first-order valence-electron chi connectivity index (χ1n) is 6.08. The molecular weight excluding hydrogens is 220 g/mol. The van der Waals surface area contributed by atoms with Gasteiger partial charge in [-0.2, -0.15) is 0 Å². The predicted molar refractivity (Wildman–Crippen MR) is 77.8 cm³/mol. The third-order valence-electron chi connectivity index (χ3n) is 3.01. The summed E-state index contributed by atoms with van der Waals surface area (Å²) >= 11 is 0. The van der Waals surface area contributed by atoms with E-state index in [1.54, 1.807) is 7.11 Å². The van der Waals surface area contributed by atoms with Crippen LogP contribution in [0.4, 0.5) is 0 Å². The van der Waals surface area contributed by atoms with Crippen LogP contribution in [-0.2, 0) is 0 Å². The van der Waals surface area contributed by atoms with Gasteiger partial charge >= 0.3 is 0 Å². The lowest BCUT2D eigenvalue weighted by Crippen LogP contribution is -1.83. The molecule has 0 bridgehead atoms. The van der Waals surface area contributed by atoms with Crippen LogP contribution in [-0.4, -0.2) is 7.11 Å². The first-order chi connectivity index (χ1) is 8.69. The minimum Gasteiger partial charge on any atom is -0.497 e. The summed E-state index contributed by atoms with van der Waals surface area (Å²) in [5.74, 6) is 0.888. The molecule has 2 aromatic rings. The van der Waals surface area contributed by atoms with Gasteiger partial charge in [-0.25, -0.2) is 0 Å². The van der Waals surface area contributed by atoms with Gasteiger partial charge in [-0.05, 0) is 42.7 Å². The van der Waals surface area contributed by atoms with Gasteiger partial charge in [0.15, 0.2) is 0 Å². The Kier molecular flexibility index (Phi) is 3.83. The van der Waals surface area contributed by atoms with Gasteiger partial charge in [0, 0.05) is 0 Å². The number of hydrogen-bond donors (Lipinski definition) is 0. The average Bonchev–Trinajstić information content (AvgIpc) is 2.40.